The van der Waals surface area contributed by atoms with Crippen LogP contribution in [0.4, 0.5) is 5.69 Å². The average Bonchev–Trinajstić information content (AvgIpc) is 2.60. The molecule has 0 spiro atoms. The molecule has 0 saturated carbocycles. The van der Waals surface area contributed by atoms with E-state index in [0.29, 0.717) is 17.9 Å². The SMILES string of the molecule is C=CCC(C(=O)Nc1ccc(Br)cc1)c1cc(OC)cc(OC)c1. The van der Waals surface area contributed by atoms with Gasteiger partial charge in [0, 0.05) is 16.2 Å². The van der Waals surface area contributed by atoms with Gasteiger partial charge in [0.1, 0.15) is 11.5 Å². The molecule has 2 aromatic rings. The van der Waals surface area contributed by atoms with Crippen LogP contribution in [-0.2, 0) is 4.79 Å². The minimum Gasteiger partial charge on any atom is -0.497 e. The molecule has 0 heterocycles. The molecule has 0 fully saturated rings. The van der Waals surface area contributed by atoms with Crippen molar-refractivity contribution in [2.24, 2.45) is 0 Å². The number of nitrogens with one attached hydrogen (secondary N) is 1. The monoisotopic (exact) mass is 389 g/mol. The van der Waals surface area contributed by atoms with Crippen LogP contribution in [0.5, 0.6) is 11.5 Å². The number of hydrogen-bond donors (Lipinski definition) is 1. The number of carbonyl (C=O) groups excluding carboxylic acids is 1. The molecule has 1 N–H and O–H groups in total. The van der Waals surface area contributed by atoms with Crippen LogP contribution < -0.4 is 14.8 Å². The topological polar surface area (TPSA) is 47.6 Å². The summed E-state index contributed by atoms with van der Waals surface area (Å²) in [4.78, 5) is 12.7. The molecule has 1 atom stereocenters. The first-order valence-corrected chi connectivity index (χ1v) is 8.27. The van der Waals surface area contributed by atoms with E-state index < -0.39 is 0 Å². The number of rotatable bonds is 7. The molecule has 126 valence electrons. The number of hydrogen-bond acceptors (Lipinski definition) is 3. The molecule has 1 amide bonds. The highest BCUT2D eigenvalue weighted by molar-refractivity contribution is 9.10. The summed E-state index contributed by atoms with van der Waals surface area (Å²) in [6.45, 7) is 3.76. The van der Waals surface area contributed by atoms with Crippen LogP contribution in [0.25, 0.3) is 0 Å². The van der Waals surface area contributed by atoms with Crippen molar-refractivity contribution in [3.8, 4) is 11.5 Å². The summed E-state index contributed by atoms with van der Waals surface area (Å²) in [7, 11) is 3.17. The molecule has 0 aliphatic rings. The fourth-order valence-electron chi connectivity index (χ4n) is 2.35. The maximum Gasteiger partial charge on any atom is 0.232 e. The summed E-state index contributed by atoms with van der Waals surface area (Å²) in [6.07, 6.45) is 2.25. The predicted octanol–water partition coefficient (Wildman–Crippen LogP) is 4.76. The zero-order chi connectivity index (χ0) is 17.5. The lowest BCUT2D eigenvalue weighted by molar-refractivity contribution is -0.117. The molecular weight excluding hydrogens is 370 g/mol. The van der Waals surface area contributed by atoms with Gasteiger partial charge >= 0.3 is 0 Å². The van der Waals surface area contributed by atoms with Crippen LogP contribution in [0.15, 0.2) is 59.6 Å². The Hall–Kier alpha value is -2.27. The summed E-state index contributed by atoms with van der Waals surface area (Å²) in [5, 5.41) is 2.94. The first kappa shape index (κ1) is 18.1. The van der Waals surface area contributed by atoms with Gasteiger partial charge in [-0.25, -0.2) is 0 Å². The number of anilines is 1. The van der Waals surface area contributed by atoms with Crippen molar-refractivity contribution < 1.29 is 14.3 Å². The van der Waals surface area contributed by atoms with Crippen LogP contribution in [0.1, 0.15) is 17.9 Å². The molecular formula is C19H20BrNO3. The fraction of sp³-hybridized carbons (Fsp3) is 0.211. The molecule has 0 saturated heterocycles. The first-order valence-electron chi connectivity index (χ1n) is 7.47. The van der Waals surface area contributed by atoms with Gasteiger partial charge in [-0.1, -0.05) is 22.0 Å². The van der Waals surface area contributed by atoms with Crippen molar-refractivity contribution in [2.75, 3.05) is 19.5 Å². The maximum absolute atomic E-state index is 12.7. The Morgan fingerprint density at radius 3 is 2.25 bits per heavy atom. The second-order valence-electron chi connectivity index (χ2n) is 5.22. The zero-order valence-electron chi connectivity index (χ0n) is 13.7. The number of amides is 1. The summed E-state index contributed by atoms with van der Waals surface area (Å²) in [5.41, 5.74) is 1.56. The van der Waals surface area contributed by atoms with Gasteiger partial charge in [-0.3, -0.25) is 4.79 Å². The van der Waals surface area contributed by atoms with Crippen molar-refractivity contribution in [2.45, 2.75) is 12.3 Å². The van der Waals surface area contributed by atoms with E-state index in [1.165, 1.54) is 0 Å². The van der Waals surface area contributed by atoms with E-state index in [2.05, 4.69) is 27.8 Å². The molecule has 2 aromatic carbocycles. The third-order valence-corrected chi connectivity index (χ3v) is 4.14. The minimum atomic E-state index is -0.379. The minimum absolute atomic E-state index is 0.104. The molecule has 0 aliphatic heterocycles. The van der Waals surface area contributed by atoms with E-state index in [1.807, 2.05) is 36.4 Å². The predicted molar refractivity (Wildman–Crippen MR) is 99.9 cm³/mol. The fourth-order valence-corrected chi connectivity index (χ4v) is 2.62. The van der Waals surface area contributed by atoms with Gasteiger partial charge in [-0.15, -0.1) is 6.58 Å². The molecule has 4 nitrogen and oxygen atoms in total. The third kappa shape index (κ3) is 4.61. The van der Waals surface area contributed by atoms with Crippen LogP contribution >= 0.6 is 15.9 Å². The van der Waals surface area contributed by atoms with E-state index >= 15 is 0 Å². The Morgan fingerprint density at radius 2 is 1.75 bits per heavy atom. The normalized spacial score (nSPS) is 11.5. The van der Waals surface area contributed by atoms with Crippen molar-refractivity contribution in [1.29, 1.82) is 0 Å². The van der Waals surface area contributed by atoms with Crippen LogP contribution in [0.3, 0.4) is 0 Å². The lowest BCUT2D eigenvalue weighted by Gasteiger charge is -2.17. The number of methoxy groups -OCH3 is 2. The lowest BCUT2D eigenvalue weighted by Crippen LogP contribution is -2.21. The van der Waals surface area contributed by atoms with Gasteiger partial charge in [0.05, 0.1) is 20.1 Å². The lowest BCUT2D eigenvalue weighted by atomic mass is 9.94. The standard InChI is InChI=1S/C19H20BrNO3/c1-4-5-18(13-10-16(23-2)12-17(11-13)24-3)19(22)21-15-8-6-14(20)7-9-15/h4,6-12,18H,1,5H2,2-3H3,(H,21,22). The Labute approximate surface area is 150 Å². The second-order valence-corrected chi connectivity index (χ2v) is 6.13. The van der Waals surface area contributed by atoms with E-state index in [-0.39, 0.29) is 11.8 Å². The summed E-state index contributed by atoms with van der Waals surface area (Å²) >= 11 is 3.38. The smallest absolute Gasteiger partial charge is 0.232 e. The first-order chi connectivity index (χ1) is 11.6. The molecule has 0 aliphatic carbocycles. The highest BCUT2D eigenvalue weighted by atomic mass is 79.9. The maximum atomic E-state index is 12.7. The molecule has 0 radical (unpaired) electrons. The third-order valence-electron chi connectivity index (χ3n) is 3.61. The van der Waals surface area contributed by atoms with Crippen LogP contribution in [-0.4, -0.2) is 20.1 Å². The largest absolute Gasteiger partial charge is 0.497 e. The van der Waals surface area contributed by atoms with E-state index in [0.717, 1.165) is 15.7 Å². The number of allylic oxidation sites excluding steroid dienone is 1. The highest BCUT2D eigenvalue weighted by Gasteiger charge is 2.21. The second kappa shape index (κ2) is 8.55. The zero-order valence-corrected chi connectivity index (χ0v) is 15.3. The number of benzene rings is 2. The Balaban J connectivity index is 2.29. The van der Waals surface area contributed by atoms with Crippen LogP contribution in [0.2, 0.25) is 0 Å². The van der Waals surface area contributed by atoms with Gasteiger partial charge in [0.25, 0.3) is 0 Å². The van der Waals surface area contributed by atoms with Crippen LogP contribution in [0, 0.1) is 0 Å². The summed E-state index contributed by atoms with van der Waals surface area (Å²) in [5.74, 6) is 0.812. The van der Waals surface area contributed by atoms with Gasteiger partial charge in [0.2, 0.25) is 5.91 Å². The molecule has 0 bridgehead atoms. The Kier molecular flexibility index (Phi) is 6.44. The number of carbonyl (C=O) groups is 1. The number of ether oxygens (including phenoxy) is 2. The van der Waals surface area contributed by atoms with Gasteiger partial charge < -0.3 is 14.8 Å². The summed E-state index contributed by atoms with van der Waals surface area (Å²) < 4.78 is 11.5. The van der Waals surface area contributed by atoms with Gasteiger partial charge in [-0.05, 0) is 48.4 Å². The highest BCUT2D eigenvalue weighted by Crippen LogP contribution is 2.30. The van der Waals surface area contributed by atoms with Crippen molar-refractivity contribution in [1.82, 2.24) is 0 Å². The van der Waals surface area contributed by atoms with E-state index in [9.17, 15) is 4.79 Å². The Morgan fingerprint density at radius 1 is 1.17 bits per heavy atom. The van der Waals surface area contributed by atoms with Crippen molar-refractivity contribution in [3.05, 3.63) is 65.2 Å². The average molecular weight is 390 g/mol. The van der Waals surface area contributed by atoms with Gasteiger partial charge in [-0.2, -0.15) is 0 Å². The number of halogens is 1. The molecule has 5 heteroatoms. The molecule has 1 unspecified atom stereocenters. The Bertz CT molecular complexity index is 691. The van der Waals surface area contributed by atoms with E-state index in [1.54, 1.807) is 26.4 Å². The van der Waals surface area contributed by atoms with Gasteiger partial charge in [0.15, 0.2) is 0 Å². The van der Waals surface area contributed by atoms with E-state index in [4.69, 9.17) is 9.47 Å². The quantitative estimate of drug-likeness (QED) is 0.694. The molecule has 2 rings (SSSR count). The van der Waals surface area contributed by atoms with Crippen molar-refractivity contribution >= 4 is 27.5 Å². The molecule has 0 aromatic heterocycles. The van der Waals surface area contributed by atoms with Crippen molar-refractivity contribution in [3.63, 3.8) is 0 Å². The summed E-state index contributed by atoms with van der Waals surface area (Å²) in [6, 6.07) is 12.9. The molecule has 24 heavy (non-hydrogen) atoms.